The first-order chi connectivity index (χ1) is 11.5. The summed E-state index contributed by atoms with van der Waals surface area (Å²) in [6, 6.07) is 19.0. The van der Waals surface area contributed by atoms with E-state index < -0.39 is 6.23 Å². The molecule has 24 heavy (non-hydrogen) atoms. The van der Waals surface area contributed by atoms with Gasteiger partial charge in [-0.1, -0.05) is 43.3 Å². The Labute approximate surface area is 143 Å². The molecule has 0 fully saturated rings. The van der Waals surface area contributed by atoms with Gasteiger partial charge in [-0.05, 0) is 44.5 Å². The first kappa shape index (κ1) is 21.4. The van der Waals surface area contributed by atoms with Crippen LogP contribution in [0.15, 0.2) is 70.9 Å². The van der Waals surface area contributed by atoms with E-state index >= 15 is 0 Å². The van der Waals surface area contributed by atoms with Crippen molar-refractivity contribution in [1.29, 1.82) is 0 Å². The second-order valence-corrected chi connectivity index (χ2v) is 4.86. The summed E-state index contributed by atoms with van der Waals surface area (Å²) in [5.41, 5.74) is 4.23. The Hall–Kier alpha value is -2.57. The van der Waals surface area contributed by atoms with Crippen molar-refractivity contribution >= 4 is 17.2 Å². The van der Waals surface area contributed by atoms with Crippen LogP contribution in [-0.4, -0.2) is 17.1 Å². The van der Waals surface area contributed by atoms with E-state index in [-0.39, 0.29) is 5.78 Å². The molecule has 0 aliphatic rings. The molecule has 4 N–H and O–H groups in total. The van der Waals surface area contributed by atoms with Gasteiger partial charge in [0.15, 0.2) is 6.23 Å². The van der Waals surface area contributed by atoms with E-state index in [0.717, 1.165) is 11.4 Å². The van der Waals surface area contributed by atoms with Gasteiger partial charge in [0.05, 0.1) is 5.69 Å². The Morgan fingerprint density at radius 2 is 1.54 bits per heavy atom. The smallest absolute Gasteiger partial charge is 0.165 e. The van der Waals surface area contributed by atoms with E-state index in [0.29, 0.717) is 6.42 Å². The molecule has 6 heteroatoms. The Kier molecular flexibility index (Phi) is 12.5. The molecule has 0 saturated heterocycles. The number of nitrogens with two attached hydrogens (primary N) is 1. The Morgan fingerprint density at radius 1 is 1.08 bits per heavy atom. The number of aliphatic hydroxyl groups is 1. The van der Waals surface area contributed by atoms with E-state index in [4.69, 9.17) is 10.9 Å². The number of nitrogens with one attached hydrogen (secondary N) is 1. The summed E-state index contributed by atoms with van der Waals surface area (Å²) in [6.45, 7) is 4.91. The van der Waals surface area contributed by atoms with Crippen molar-refractivity contribution in [2.75, 3.05) is 5.43 Å². The highest BCUT2D eigenvalue weighted by Gasteiger charge is 1.93. The number of carbonyl (C=O) groups excluding carboxylic acids is 1. The van der Waals surface area contributed by atoms with E-state index in [9.17, 15) is 4.79 Å². The van der Waals surface area contributed by atoms with Gasteiger partial charge in [0.25, 0.3) is 0 Å². The fraction of sp³-hybridized carbons (Fsp3) is 0.278. The first-order valence-corrected chi connectivity index (χ1v) is 7.62. The number of carbonyl (C=O) groups is 1. The minimum Gasteiger partial charge on any atom is -0.370 e. The fourth-order valence-electron chi connectivity index (χ4n) is 1.24. The largest absolute Gasteiger partial charge is 0.370 e. The Morgan fingerprint density at radius 3 is 1.92 bits per heavy atom. The van der Waals surface area contributed by atoms with E-state index in [1.807, 2.05) is 67.6 Å². The predicted octanol–water partition coefficient (Wildman–Crippen LogP) is 4.07. The third-order valence-corrected chi connectivity index (χ3v) is 2.37. The molecule has 0 spiro atoms. The molecule has 2 aromatic rings. The number of nitrogens with zero attached hydrogens (tertiary/aromatic N) is 2. The van der Waals surface area contributed by atoms with Crippen LogP contribution in [0.1, 0.15) is 27.2 Å². The van der Waals surface area contributed by atoms with Gasteiger partial charge in [-0.2, -0.15) is 10.2 Å². The van der Waals surface area contributed by atoms with Crippen LogP contribution < -0.4 is 11.3 Å². The third kappa shape index (κ3) is 13.1. The number of nitrogen functional groups attached to an aromatic ring is 1. The molecule has 1 atom stereocenters. The van der Waals surface area contributed by atoms with Gasteiger partial charge < -0.3 is 15.3 Å². The van der Waals surface area contributed by atoms with Gasteiger partial charge >= 0.3 is 0 Å². The lowest BCUT2D eigenvalue weighted by molar-refractivity contribution is -0.114. The maximum Gasteiger partial charge on any atom is 0.165 e. The van der Waals surface area contributed by atoms with Gasteiger partial charge in [-0.15, -0.1) is 0 Å². The summed E-state index contributed by atoms with van der Waals surface area (Å²) in [4.78, 5) is 9.44. The van der Waals surface area contributed by atoms with Crippen LogP contribution in [0.5, 0.6) is 0 Å². The average molecular weight is 330 g/mol. The number of azo groups is 1. The van der Waals surface area contributed by atoms with Crippen molar-refractivity contribution in [3.05, 3.63) is 60.7 Å². The molecular formula is C18H26N4O2. The molecule has 0 radical (unpaired) electrons. The molecule has 2 aromatic carbocycles. The number of benzene rings is 2. The van der Waals surface area contributed by atoms with Gasteiger partial charge in [-0.3, -0.25) is 5.84 Å². The topological polar surface area (TPSA) is 100 Å². The van der Waals surface area contributed by atoms with Crippen LogP contribution in [0, 0.1) is 0 Å². The van der Waals surface area contributed by atoms with Crippen molar-refractivity contribution in [2.45, 2.75) is 33.4 Å². The third-order valence-electron chi connectivity index (χ3n) is 2.37. The Bertz CT molecular complexity index is 570. The molecule has 0 amide bonds. The van der Waals surface area contributed by atoms with E-state index in [1.54, 1.807) is 0 Å². The second-order valence-electron chi connectivity index (χ2n) is 4.86. The maximum atomic E-state index is 9.44. The molecule has 0 heterocycles. The molecule has 2 rings (SSSR count). The monoisotopic (exact) mass is 330 g/mol. The van der Waals surface area contributed by atoms with Crippen molar-refractivity contribution in [3.8, 4) is 0 Å². The highest BCUT2D eigenvalue weighted by atomic mass is 16.3. The number of anilines is 1. The van der Waals surface area contributed by atoms with Crippen molar-refractivity contribution in [1.82, 2.24) is 0 Å². The zero-order valence-corrected chi connectivity index (χ0v) is 14.4. The number of Topliss-reactive ketones (excluding diaryl/α,β-unsaturated/α-hetero) is 1. The maximum absolute atomic E-state index is 9.44. The highest BCUT2D eigenvalue weighted by Crippen LogP contribution is 2.11. The summed E-state index contributed by atoms with van der Waals surface area (Å²) >= 11 is 0. The molecule has 0 aliphatic carbocycles. The summed E-state index contributed by atoms with van der Waals surface area (Å²) in [5.74, 6) is 5.27. The van der Waals surface area contributed by atoms with Crippen LogP contribution in [0.25, 0.3) is 0 Å². The van der Waals surface area contributed by atoms with Gasteiger partial charge in [0.2, 0.25) is 0 Å². The molecular weight excluding hydrogens is 304 g/mol. The lowest BCUT2D eigenvalue weighted by atomic mass is 10.3. The minimum absolute atomic E-state index is 0.167. The van der Waals surface area contributed by atoms with Crippen molar-refractivity contribution in [2.24, 2.45) is 16.1 Å². The lowest BCUT2D eigenvalue weighted by Crippen LogP contribution is -2.05. The molecule has 0 bridgehead atoms. The second kappa shape index (κ2) is 14.0. The number of hydrogen-bond donors (Lipinski definition) is 3. The summed E-state index contributed by atoms with van der Waals surface area (Å²) in [5, 5.41) is 16.6. The predicted molar refractivity (Wildman–Crippen MR) is 97.9 cm³/mol. The summed E-state index contributed by atoms with van der Waals surface area (Å²) in [7, 11) is 0. The molecule has 0 aliphatic heterocycles. The van der Waals surface area contributed by atoms with Gasteiger partial charge in [0, 0.05) is 5.69 Å². The van der Waals surface area contributed by atoms with Crippen LogP contribution in [-0.2, 0) is 4.79 Å². The van der Waals surface area contributed by atoms with Crippen molar-refractivity contribution < 1.29 is 9.90 Å². The normalized spacial score (nSPS) is 10.7. The highest BCUT2D eigenvalue weighted by molar-refractivity contribution is 5.72. The zero-order chi connectivity index (χ0) is 18.2. The van der Waals surface area contributed by atoms with Gasteiger partial charge in [0.1, 0.15) is 5.78 Å². The van der Waals surface area contributed by atoms with E-state index in [2.05, 4.69) is 15.7 Å². The first-order valence-electron chi connectivity index (χ1n) is 7.62. The van der Waals surface area contributed by atoms with Crippen LogP contribution in [0.3, 0.4) is 0 Å². The van der Waals surface area contributed by atoms with Crippen LogP contribution in [0.4, 0.5) is 11.4 Å². The van der Waals surface area contributed by atoms with Crippen LogP contribution in [0.2, 0.25) is 0 Å². The fourth-order valence-corrected chi connectivity index (χ4v) is 1.24. The number of hydrazine groups is 1. The summed E-state index contributed by atoms with van der Waals surface area (Å²) < 4.78 is 0. The number of para-hydroxylation sites is 1. The standard InChI is InChI=1S/C9H12N2O.C6H8N2.C3H6O/c1-2-9(12)11-10-8-6-4-3-5-7-8;7-8-6-4-2-1-3-5-6;1-3(2)4/h3-7,9,12H,2H2,1H3;1-5,8H,7H2;1-2H3. The number of hydrogen-bond acceptors (Lipinski definition) is 6. The van der Waals surface area contributed by atoms with Crippen LogP contribution >= 0.6 is 0 Å². The Balaban J connectivity index is 0.000000379. The lowest BCUT2D eigenvalue weighted by Gasteiger charge is -1.96. The minimum atomic E-state index is -0.676. The van der Waals surface area contributed by atoms with Gasteiger partial charge in [-0.25, -0.2) is 0 Å². The zero-order valence-electron chi connectivity index (χ0n) is 14.4. The molecule has 0 aromatic heterocycles. The average Bonchev–Trinajstić information content (AvgIpc) is 2.61. The molecule has 0 saturated carbocycles. The molecule has 130 valence electrons. The molecule has 1 unspecified atom stereocenters. The summed E-state index contributed by atoms with van der Waals surface area (Å²) in [6.07, 6.45) is -0.0822. The molecule has 6 nitrogen and oxygen atoms in total. The number of rotatable bonds is 4. The quantitative estimate of drug-likeness (QED) is 0.447. The number of aliphatic hydroxyl groups excluding tert-OH is 1. The van der Waals surface area contributed by atoms with E-state index in [1.165, 1.54) is 13.8 Å². The van der Waals surface area contributed by atoms with Crippen molar-refractivity contribution in [3.63, 3.8) is 0 Å². The number of ketones is 1. The SMILES string of the molecule is CC(C)=O.CCC(O)N=Nc1ccccc1.NNc1ccccc1.